The number of amides is 1. The molecule has 0 spiro atoms. The van der Waals surface area contributed by atoms with Crippen LogP contribution in [0.3, 0.4) is 0 Å². The monoisotopic (exact) mass is 254 g/mol. The van der Waals surface area contributed by atoms with Crippen molar-refractivity contribution in [2.75, 3.05) is 16.8 Å². The predicted octanol–water partition coefficient (Wildman–Crippen LogP) is 2.84. The third-order valence-corrected chi connectivity index (χ3v) is 2.91. The summed E-state index contributed by atoms with van der Waals surface area (Å²) >= 11 is 7.23. The van der Waals surface area contributed by atoms with Crippen LogP contribution in [0.2, 0.25) is 5.02 Å². The maximum absolute atomic E-state index is 11.4. The molecule has 16 heavy (non-hydrogen) atoms. The van der Waals surface area contributed by atoms with Gasteiger partial charge in [-0.25, -0.2) is 0 Å². The van der Waals surface area contributed by atoms with Crippen LogP contribution in [0.4, 0.5) is 5.69 Å². The summed E-state index contributed by atoms with van der Waals surface area (Å²) in [5, 5.41) is 11.5. The Hall–Kier alpha value is -1.18. The van der Waals surface area contributed by atoms with Crippen molar-refractivity contribution < 1.29 is 4.79 Å². The third-order valence-electron chi connectivity index (χ3n) is 1.80. The number of rotatable bonds is 4. The molecule has 3 nitrogen and oxygen atoms in total. The average Bonchev–Trinajstić information content (AvgIpc) is 2.23. The van der Waals surface area contributed by atoms with E-state index in [1.165, 1.54) is 11.8 Å². The van der Waals surface area contributed by atoms with Gasteiger partial charge in [-0.3, -0.25) is 4.79 Å². The normalized spacial score (nSPS) is 9.56. The maximum Gasteiger partial charge on any atom is 0.234 e. The molecule has 0 bridgehead atoms. The van der Waals surface area contributed by atoms with Gasteiger partial charge in [0.05, 0.1) is 28.3 Å². The van der Waals surface area contributed by atoms with Gasteiger partial charge in [-0.15, -0.1) is 11.8 Å². The topological polar surface area (TPSA) is 52.9 Å². The van der Waals surface area contributed by atoms with Gasteiger partial charge in [0.25, 0.3) is 0 Å². The maximum atomic E-state index is 11.4. The molecule has 0 radical (unpaired) electrons. The number of aryl methyl sites for hydroxylation is 1. The second-order valence-corrected chi connectivity index (χ2v) is 4.58. The highest BCUT2D eigenvalue weighted by molar-refractivity contribution is 8.00. The molecule has 0 saturated heterocycles. The summed E-state index contributed by atoms with van der Waals surface area (Å²) < 4.78 is 0. The Morgan fingerprint density at radius 3 is 3.00 bits per heavy atom. The Balaban J connectivity index is 2.53. The Labute approximate surface area is 104 Å². The van der Waals surface area contributed by atoms with Gasteiger partial charge < -0.3 is 5.32 Å². The summed E-state index contributed by atoms with van der Waals surface area (Å²) in [6, 6.07) is 7.40. The minimum absolute atomic E-state index is 0.147. The van der Waals surface area contributed by atoms with E-state index in [0.29, 0.717) is 16.5 Å². The number of hydrogen-bond donors (Lipinski definition) is 1. The highest BCUT2D eigenvalue weighted by atomic mass is 35.5. The number of benzene rings is 1. The highest BCUT2D eigenvalue weighted by Crippen LogP contribution is 2.22. The molecular formula is C11H11ClN2OS. The van der Waals surface area contributed by atoms with E-state index in [1.807, 2.05) is 19.1 Å². The lowest BCUT2D eigenvalue weighted by Gasteiger charge is -2.06. The van der Waals surface area contributed by atoms with Crippen LogP contribution < -0.4 is 5.32 Å². The molecule has 1 amide bonds. The first-order valence-electron chi connectivity index (χ1n) is 4.64. The van der Waals surface area contributed by atoms with Crippen LogP contribution in [0.15, 0.2) is 18.2 Å². The van der Waals surface area contributed by atoms with Gasteiger partial charge in [-0.05, 0) is 24.6 Å². The quantitative estimate of drug-likeness (QED) is 0.841. The summed E-state index contributed by atoms with van der Waals surface area (Å²) in [7, 11) is 0. The lowest BCUT2D eigenvalue weighted by molar-refractivity contribution is -0.113. The fraction of sp³-hybridized carbons (Fsp3) is 0.273. The first-order valence-corrected chi connectivity index (χ1v) is 6.17. The van der Waals surface area contributed by atoms with Gasteiger partial charge >= 0.3 is 0 Å². The number of anilines is 1. The Kier molecular flexibility index (Phi) is 5.17. The fourth-order valence-corrected chi connectivity index (χ4v) is 1.83. The first kappa shape index (κ1) is 12.9. The van der Waals surface area contributed by atoms with Gasteiger partial charge in [0, 0.05) is 0 Å². The van der Waals surface area contributed by atoms with Gasteiger partial charge in [-0.2, -0.15) is 5.26 Å². The van der Waals surface area contributed by atoms with Crippen molar-refractivity contribution >= 4 is 35.0 Å². The minimum atomic E-state index is -0.147. The SMILES string of the molecule is Cc1ccc(NC(=O)CSCC#N)c(Cl)c1. The second-order valence-electron chi connectivity index (χ2n) is 3.18. The van der Waals surface area contributed by atoms with E-state index >= 15 is 0 Å². The summed E-state index contributed by atoms with van der Waals surface area (Å²) in [6.45, 7) is 1.93. The number of nitriles is 1. The van der Waals surface area contributed by atoms with E-state index in [9.17, 15) is 4.79 Å². The van der Waals surface area contributed by atoms with Crippen LogP contribution in [0.1, 0.15) is 5.56 Å². The van der Waals surface area contributed by atoms with Crippen molar-refractivity contribution in [1.29, 1.82) is 5.26 Å². The van der Waals surface area contributed by atoms with Crippen LogP contribution in [0, 0.1) is 18.3 Å². The van der Waals surface area contributed by atoms with Crippen LogP contribution in [0.5, 0.6) is 0 Å². The molecule has 0 aliphatic rings. The Bertz CT molecular complexity index is 428. The third kappa shape index (κ3) is 4.13. The average molecular weight is 255 g/mol. The highest BCUT2D eigenvalue weighted by Gasteiger charge is 2.05. The summed E-state index contributed by atoms with van der Waals surface area (Å²) in [6.07, 6.45) is 0. The van der Waals surface area contributed by atoms with E-state index in [0.717, 1.165) is 5.56 Å². The molecule has 0 saturated carbocycles. The molecule has 1 N–H and O–H groups in total. The number of thioether (sulfide) groups is 1. The van der Waals surface area contributed by atoms with Crippen molar-refractivity contribution in [2.45, 2.75) is 6.92 Å². The molecule has 1 aromatic rings. The minimum Gasteiger partial charge on any atom is -0.324 e. The number of nitrogens with zero attached hydrogens (tertiary/aromatic N) is 1. The summed E-state index contributed by atoms with van der Waals surface area (Å²) in [5.74, 6) is 0.429. The molecule has 0 heterocycles. The molecule has 0 atom stereocenters. The molecule has 5 heteroatoms. The molecule has 0 aliphatic carbocycles. The molecular weight excluding hydrogens is 244 g/mol. The van der Waals surface area contributed by atoms with Crippen LogP contribution in [-0.2, 0) is 4.79 Å². The molecule has 0 aromatic heterocycles. The van der Waals surface area contributed by atoms with Crippen molar-refractivity contribution in [3.05, 3.63) is 28.8 Å². The van der Waals surface area contributed by atoms with Crippen molar-refractivity contribution in [1.82, 2.24) is 0 Å². The van der Waals surface area contributed by atoms with E-state index in [2.05, 4.69) is 5.32 Å². The molecule has 0 unspecified atom stereocenters. The number of carbonyl (C=O) groups excluding carboxylic acids is 1. The van der Waals surface area contributed by atoms with E-state index in [1.54, 1.807) is 12.1 Å². The van der Waals surface area contributed by atoms with E-state index in [4.69, 9.17) is 16.9 Å². The van der Waals surface area contributed by atoms with Gasteiger partial charge in [0.2, 0.25) is 5.91 Å². The van der Waals surface area contributed by atoms with E-state index in [-0.39, 0.29) is 11.7 Å². The molecule has 1 rings (SSSR count). The first-order chi connectivity index (χ1) is 7.63. The number of halogens is 1. The fourth-order valence-electron chi connectivity index (χ4n) is 1.10. The predicted molar refractivity (Wildman–Crippen MR) is 67.8 cm³/mol. The Morgan fingerprint density at radius 2 is 2.38 bits per heavy atom. The van der Waals surface area contributed by atoms with Gasteiger partial charge in [0.15, 0.2) is 0 Å². The van der Waals surface area contributed by atoms with Crippen molar-refractivity contribution in [2.24, 2.45) is 0 Å². The van der Waals surface area contributed by atoms with Crippen LogP contribution in [-0.4, -0.2) is 17.4 Å². The smallest absolute Gasteiger partial charge is 0.234 e. The van der Waals surface area contributed by atoms with Crippen LogP contribution >= 0.6 is 23.4 Å². The summed E-state index contributed by atoms with van der Waals surface area (Å²) in [5.41, 5.74) is 1.65. The Morgan fingerprint density at radius 1 is 1.62 bits per heavy atom. The summed E-state index contributed by atoms with van der Waals surface area (Å²) in [4.78, 5) is 11.4. The zero-order chi connectivity index (χ0) is 12.0. The zero-order valence-corrected chi connectivity index (χ0v) is 10.4. The molecule has 1 aromatic carbocycles. The zero-order valence-electron chi connectivity index (χ0n) is 8.79. The van der Waals surface area contributed by atoms with Crippen molar-refractivity contribution in [3.8, 4) is 6.07 Å². The standard InChI is InChI=1S/C11H11ClN2OS/c1-8-2-3-10(9(12)6-8)14-11(15)7-16-5-4-13/h2-3,6H,5,7H2,1H3,(H,14,15). The molecule has 0 fully saturated rings. The lowest BCUT2D eigenvalue weighted by Crippen LogP contribution is -2.14. The second kappa shape index (κ2) is 6.41. The molecule has 84 valence electrons. The van der Waals surface area contributed by atoms with Crippen molar-refractivity contribution in [3.63, 3.8) is 0 Å². The molecule has 0 aliphatic heterocycles. The van der Waals surface area contributed by atoms with E-state index < -0.39 is 0 Å². The number of hydrogen-bond acceptors (Lipinski definition) is 3. The van der Waals surface area contributed by atoms with Gasteiger partial charge in [-0.1, -0.05) is 17.7 Å². The number of nitrogens with one attached hydrogen (secondary N) is 1. The van der Waals surface area contributed by atoms with Crippen LogP contribution in [0.25, 0.3) is 0 Å². The van der Waals surface area contributed by atoms with Gasteiger partial charge in [0.1, 0.15) is 0 Å². The number of carbonyl (C=O) groups is 1. The lowest BCUT2D eigenvalue weighted by atomic mass is 10.2. The largest absolute Gasteiger partial charge is 0.324 e.